The van der Waals surface area contributed by atoms with Crippen molar-refractivity contribution in [3.63, 3.8) is 0 Å². The molecule has 1 unspecified atom stereocenters. The number of rotatable bonds is 7. The Morgan fingerprint density at radius 1 is 1.03 bits per heavy atom. The van der Waals surface area contributed by atoms with Crippen LogP contribution in [0.1, 0.15) is 34.2 Å². The van der Waals surface area contributed by atoms with E-state index < -0.39 is 6.04 Å². The number of carbonyl (C=O) groups excluding carboxylic acids is 1. The van der Waals surface area contributed by atoms with E-state index in [0.717, 1.165) is 28.0 Å². The van der Waals surface area contributed by atoms with Gasteiger partial charge < -0.3 is 14.5 Å². The lowest BCUT2D eigenvalue weighted by molar-refractivity contribution is 0.0777. The number of amides is 1. The highest BCUT2D eigenvalue weighted by Crippen LogP contribution is 2.34. The molecule has 8 heteroatoms. The van der Waals surface area contributed by atoms with Gasteiger partial charge in [-0.05, 0) is 41.0 Å². The van der Waals surface area contributed by atoms with Crippen LogP contribution < -0.4 is 5.48 Å². The van der Waals surface area contributed by atoms with Crippen LogP contribution in [0.15, 0.2) is 95.3 Å². The Labute approximate surface area is 202 Å². The van der Waals surface area contributed by atoms with Gasteiger partial charge in [-0.25, -0.2) is 0 Å². The molecule has 176 valence electrons. The molecule has 1 aromatic heterocycles. The van der Waals surface area contributed by atoms with E-state index in [0.29, 0.717) is 23.7 Å². The van der Waals surface area contributed by atoms with Crippen LogP contribution in [0.25, 0.3) is 22.6 Å². The molecule has 0 aliphatic carbocycles. The van der Waals surface area contributed by atoms with E-state index in [4.69, 9.17) is 9.36 Å². The van der Waals surface area contributed by atoms with E-state index >= 15 is 0 Å². The fraction of sp³-hybridized carbons (Fsp3) is 0.148. The average molecular weight is 469 g/mol. The Morgan fingerprint density at radius 3 is 2.40 bits per heavy atom. The van der Waals surface area contributed by atoms with Crippen molar-refractivity contribution in [3.05, 3.63) is 108 Å². The number of aliphatic hydroxyl groups is 1. The Bertz CT molecular complexity index is 1330. The van der Waals surface area contributed by atoms with Crippen LogP contribution in [0.3, 0.4) is 0 Å². The van der Waals surface area contributed by atoms with Gasteiger partial charge in [0, 0.05) is 23.7 Å². The van der Waals surface area contributed by atoms with Crippen molar-refractivity contribution < 1.29 is 19.3 Å². The van der Waals surface area contributed by atoms with Crippen LogP contribution in [0.5, 0.6) is 0 Å². The van der Waals surface area contributed by atoms with Crippen molar-refractivity contribution in [2.24, 2.45) is 0 Å². The second kappa shape index (κ2) is 9.92. The third kappa shape index (κ3) is 4.70. The summed E-state index contributed by atoms with van der Waals surface area (Å²) >= 11 is 0. The van der Waals surface area contributed by atoms with Crippen LogP contribution in [0.2, 0.25) is 0 Å². The highest BCUT2D eigenvalue weighted by atomic mass is 16.6. The number of aromatic nitrogens is 2. The number of benzene rings is 3. The zero-order chi connectivity index (χ0) is 24.2. The van der Waals surface area contributed by atoms with E-state index in [1.54, 1.807) is 23.2 Å². The maximum atomic E-state index is 13.5. The molecule has 1 aliphatic heterocycles. The molecule has 4 aromatic rings. The zero-order valence-corrected chi connectivity index (χ0v) is 19.1. The molecule has 0 radical (unpaired) electrons. The van der Waals surface area contributed by atoms with Gasteiger partial charge in [-0.2, -0.15) is 4.98 Å². The smallest absolute Gasteiger partial charge is 0.258 e. The molecule has 0 spiro atoms. The number of nitrogens with one attached hydrogen (secondary N) is 1. The van der Waals surface area contributed by atoms with Crippen LogP contribution in [-0.4, -0.2) is 33.2 Å². The van der Waals surface area contributed by atoms with E-state index in [1.165, 1.54) is 7.11 Å². The van der Waals surface area contributed by atoms with Crippen LogP contribution in [0.4, 0.5) is 0 Å². The molecule has 0 saturated heterocycles. The maximum Gasteiger partial charge on any atom is 0.258 e. The number of carbonyl (C=O) groups is 1. The van der Waals surface area contributed by atoms with Gasteiger partial charge in [-0.3, -0.25) is 15.1 Å². The molecule has 0 bridgehead atoms. The fourth-order valence-electron chi connectivity index (χ4n) is 4.06. The summed E-state index contributed by atoms with van der Waals surface area (Å²) in [5.74, 6) is 0.558. The van der Waals surface area contributed by atoms with Gasteiger partial charge in [0.25, 0.3) is 11.8 Å². The minimum Gasteiger partial charge on any atom is -0.392 e. The van der Waals surface area contributed by atoms with Gasteiger partial charge in [-0.1, -0.05) is 59.8 Å². The summed E-state index contributed by atoms with van der Waals surface area (Å²) in [4.78, 5) is 24.7. The normalized spacial score (nSPS) is 15.2. The lowest BCUT2D eigenvalue weighted by Crippen LogP contribution is -2.28. The summed E-state index contributed by atoms with van der Waals surface area (Å²) in [5, 5.41) is 13.4. The maximum absolute atomic E-state index is 13.5. The van der Waals surface area contributed by atoms with Crippen molar-refractivity contribution in [3.8, 4) is 22.6 Å². The minimum atomic E-state index is -0.455. The summed E-state index contributed by atoms with van der Waals surface area (Å²) in [6.07, 6.45) is 2.16. The molecule has 0 fully saturated rings. The predicted molar refractivity (Wildman–Crippen MR) is 129 cm³/mol. The number of aliphatic hydroxyl groups excluding tert-OH is 1. The summed E-state index contributed by atoms with van der Waals surface area (Å²) in [7, 11) is 1.52. The van der Waals surface area contributed by atoms with Crippen LogP contribution >= 0.6 is 0 Å². The largest absolute Gasteiger partial charge is 0.392 e. The number of hydrogen-bond donors (Lipinski definition) is 2. The van der Waals surface area contributed by atoms with E-state index in [-0.39, 0.29) is 12.5 Å². The summed E-state index contributed by atoms with van der Waals surface area (Å²) in [6.45, 7) is -0.0399. The van der Waals surface area contributed by atoms with Gasteiger partial charge >= 0.3 is 0 Å². The fourth-order valence-corrected chi connectivity index (χ4v) is 4.06. The highest BCUT2D eigenvalue weighted by Gasteiger charge is 2.35. The quantitative estimate of drug-likeness (QED) is 0.386. The van der Waals surface area contributed by atoms with Crippen molar-refractivity contribution in [1.82, 2.24) is 20.5 Å². The van der Waals surface area contributed by atoms with Gasteiger partial charge in [0.1, 0.15) is 6.04 Å². The molecule has 8 nitrogen and oxygen atoms in total. The standard InChI is InChI=1S/C27H24N4O4/c1-34-29-23-15-24(25-28-26(35-30-25)21-9-7-18(17-32)8-10-21)31(16-23)27(33)22-13-11-20(12-14-22)19-5-3-2-4-6-19/h2-14,16,24,29,32H,15,17H2,1H3. The van der Waals surface area contributed by atoms with Crippen molar-refractivity contribution >= 4 is 5.91 Å². The molecule has 1 aliphatic rings. The Morgan fingerprint density at radius 2 is 1.71 bits per heavy atom. The molecule has 2 heterocycles. The first-order chi connectivity index (χ1) is 17.2. The van der Waals surface area contributed by atoms with Crippen LogP contribution in [0, 0.1) is 0 Å². The van der Waals surface area contributed by atoms with Crippen molar-refractivity contribution in [2.75, 3.05) is 7.11 Å². The molecule has 5 rings (SSSR count). The molecular weight excluding hydrogens is 444 g/mol. The van der Waals surface area contributed by atoms with Crippen molar-refractivity contribution in [1.29, 1.82) is 0 Å². The third-order valence-electron chi connectivity index (χ3n) is 5.87. The number of nitrogens with zero attached hydrogens (tertiary/aromatic N) is 3. The van der Waals surface area contributed by atoms with Gasteiger partial charge in [0.15, 0.2) is 5.82 Å². The lowest BCUT2D eigenvalue weighted by atomic mass is 10.0. The monoisotopic (exact) mass is 468 g/mol. The Balaban J connectivity index is 1.40. The third-order valence-corrected chi connectivity index (χ3v) is 5.87. The first kappa shape index (κ1) is 22.5. The van der Waals surface area contributed by atoms with E-state index in [9.17, 15) is 9.90 Å². The number of hydrogen-bond acceptors (Lipinski definition) is 7. The second-order valence-electron chi connectivity index (χ2n) is 8.15. The molecule has 1 amide bonds. The summed E-state index contributed by atoms with van der Waals surface area (Å²) < 4.78 is 5.49. The first-order valence-corrected chi connectivity index (χ1v) is 11.2. The average Bonchev–Trinajstić information content (AvgIpc) is 3.57. The van der Waals surface area contributed by atoms with Gasteiger partial charge in [0.05, 0.1) is 19.4 Å². The summed E-state index contributed by atoms with van der Waals surface area (Å²) in [5.41, 5.74) is 7.74. The molecular formula is C27H24N4O4. The second-order valence-corrected chi connectivity index (χ2v) is 8.15. The molecule has 3 aromatic carbocycles. The number of hydroxylamine groups is 1. The zero-order valence-electron chi connectivity index (χ0n) is 19.1. The van der Waals surface area contributed by atoms with Crippen molar-refractivity contribution in [2.45, 2.75) is 19.1 Å². The Kier molecular flexibility index (Phi) is 6.38. The molecule has 1 atom stereocenters. The van der Waals surface area contributed by atoms with Gasteiger partial charge in [0.2, 0.25) is 0 Å². The molecule has 2 N–H and O–H groups in total. The Hall–Kier alpha value is -4.27. The molecule has 35 heavy (non-hydrogen) atoms. The topological polar surface area (TPSA) is 101 Å². The highest BCUT2D eigenvalue weighted by molar-refractivity contribution is 5.96. The minimum absolute atomic E-state index is 0.0399. The van der Waals surface area contributed by atoms with E-state index in [1.807, 2.05) is 66.7 Å². The van der Waals surface area contributed by atoms with Crippen LogP contribution in [-0.2, 0) is 11.4 Å². The molecule has 0 saturated carbocycles. The lowest BCUT2D eigenvalue weighted by Gasteiger charge is -2.21. The SMILES string of the molecule is CONC1=CN(C(=O)c2ccc(-c3ccccc3)cc2)C(c2noc(-c3ccc(CO)cc3)n2)C1. The van der Waals surface area contributed by atoms with Gasteiger partial charge in [-0.15, -0.1) is 0 Å². The summed E-state index contributed by atoms with van der Waals surface area (Å²) in [6, 6.07) is 24.3. The first-order valence-electron chi connectivity index (χ1n) is 11.2. The predicted octanol–water partition coefficient (Wildman–Crippen LogP) is 4.48. The van der Waals surface area contributed by atoms with E-state index in [2.05, 4.69) is 15.6 Å².